The van der Waals surface area contributed by atoms with Crippen molar-refractivity contribution in [3.8, 4) is 0 Å². The van der Waals surface area contributed by atoms with E-state index in [-0.39, 0.29) is 0 Å². The average molecular weight is 281 g/mol. The van der Waals surface area contributed by atoms with Gasteiger partial charge in [0.2, 0.25) is 0 Å². The van der Waals surface area contributed by atoms with Gasteiger partial charge in [0, 0.05) is 18.8 Å². The predicted molar refractivity (Wildman–Crippen MR) is 83.8 cm³/mol. The largest absolute Gasteiger partial charge is 0.481 e. The Balaban J connectivity index is 1.66. The Hall–Kier alpha value is -2.29. The SMILES string of the molecule is O=C(O)C1CN(CCCc2ccccc2)c2ccccc21. The van der Waals surface area contributed by atoms with Crippen molar-refractivity contribution in [2.75, 3.05) is 18.0 Å². The van der Waals surface area contributed by atoms with Crippen molar-refractivity contribution in [3.05, 3.63) is 65.7 Å². The van der Waals surface area contributed by atoms with Crippen molar-refractivity contribution < 1.29 is 9.90 Å². The molecule has 0 radical (unpaired) electrons. The van der Waals surface area contributed by atoms with Gasteiger partial charge in [-0.2, -0.15) is 0 Å². The van der Waals surface area contributed by atoms with Crippen molar-refractivity contribution in [1.29, 1.82) is 0 Å². The lowest BCUT2D eigenvalue weighted by molar-refractivity contribution is -0.138. The van der Waals surface area contributed by atoms with E-state index < -0.39 is 11.9 Å². The molecule has 0 saturated heterocycles. The molecule has 1 unspecified atom stereocenters. The number of carbonyl (C=O) groups is 1. The molecule has 3 rings (SSSR count). The van der Waals surface area contributed by atoms with Gasteiger partial charge in [-0.3, -0.25) is 4.79 Å². The summed E-state index contributed by atoms with van der Waals surface area (Å²) in [5.74, 6) is -1.12. The molecule has 0 spiro atoms. The number of carboxylic acid groups (broad SMARTS) is 1. The van der Waals surface area contributed by atoms with E-state index in [1.807, 2.05) is 30.3 Å². The summed E-state index contributed by atoms with van der Waals surface area (Å²) < 4.78 is 0. The van der Waals surface area contributed by atoms with Gasteiger partial charge in [-0.05, 0) is 30.0 Å². The highest BCUT2D eigenvalue weighted by Crippen LogP contribution is 2.36. The molecule has 2 aromatic rings. The molecule has 1 N–H and O–H groups in total. The molecule has 0 bridgehead atoms. The normalized spacial score (nSPS) is 16.8. The van der Waals surface area contributed by atoms with Gasteiger partial charge < -0.3 is 10.0 Å². The van der Waals surface area contributed by atoms with Crippen LogP contribution in [0.3, 0.4) is 0 Å². The van der Waals surface area contributed by atoms with Crippen molar-refractivity contribution in [3.63, 3.8) is 0 Å². The van der Waals surface area contributed by atoms with Crippen LogP contribution in [0.25, 0.3) is 0 Å². The first-order valence-corrected chi connectivity index (χ1v) is 7.36. The number of aryl methyl sites for hydroxylation is 1. The zero-order chi connectivity index (χ0) is 14.7. The minimum Gasteiger partial charge on any atom is -0.481 e. The fourth-order valence-electron chi connectivity index (χ4n) is 3.03. The topological polar surface area (TPSA) is 40.5 Å². The van der Waals surface area contributed by atoms with Gasteiger partial charge in [-0.15, -0.1) is 0 Å². The number of hydrogen-bond donors (Lipinski definition) is 1. The van der Waals surface area contributed by atoms with Crippen LogP contribution in [-0.2, 0) is 11.2 Å². The van der Waals surface area contributed by atoms with Gasteiger partial charge in [0.1, 0.15) is 5.92 Å². The second-order valence-electron chi connectivity index (χ2n) is 5.48. The number of anilines is 1. The summed E-state index contributed by atoms with van der Waals surface area (Å²) >= 11 is 0. The molecule has 1 aliphatic rings. The van der Waals surface area contributed by atoms with Gasteiger partial charge in [0.05, 0.1) is 0 Å². The number of para-hydroxylation sites is 1. The molecule has 0 aliphatic carbocycles. The van der Waals surface area contributed by atoms with Crippen LogP contribution in [-0.4, -0.2) is 24.2 Å². The summed E-state index contributed by atoms with van der Waals surface area (Å²) in [5, 5.41) is 9.35. The third-order valence-electron chi connectivity index (χ3n) is 4.09. The highest BCUT2D eigenvalue weighted by atomic mass is 16.4. The minimum absolute atomic E-state index is 0.391. The van der Waals surface area contributed by atoms with Crippen LogP contribution in [0.2, 0.25) is 0 Å². The maximum absolute atomic E-state index is 11.4. The summed E-state index contributed by atoms with van der Waals surface area (Å²) in [6.07, 6.45) is 2.06. The Kier molecular flexibility index (Phi) is 3.91. The molecular formula is C18H19NO2. The van der Waals surface area contributed by atoms with E-state index in [0.717, 1.165) is 30.6 Å². The summed E-state index contributed by atoms with van der Waals surface area (Å²) in [7, 11) is 0. The molecule has 1 aliphatic heterocycles. The van der Waals surface area contributed by atoms with Gasteiger partial charge in [-0.1, -0.05) is 48.5 Å². The third kappa shape index (κ3) is 2.92. The lowest BCUT2D eigenvalue weighted by Gasteiger charge is -2.19. The standard InChI is InChI=1S/C18H19NO2/c20-18(21)16-13-19(17-11-5-4-10-15(16)17)12-6-9-14-7-2-1-3-8-14/h1-5,7-8,10-11,16H,6,9,12-13H2,(H,20,21). The van der Waals surface area contributed by atoms with Crippen molar-refractivity contribution in [2.24, 2.45) is 0 Å². The highest BCUT2D eigenvalue weighted by molar-refractivity contribution is 5.82. The number of aliphatic carboxylic acids is 1. The lowest BCUT2D eigenvalue weighted by atomic mass is 10.0. The summed E-state index contributed by atoms with van der Waals surface area (Å²) in [6.45, 7) is 1.49. The summed E-state index contributed by atoms with van der Waals surface area (Å²) in [6, 6.07) is 18.3. The zero-order valence-corrected chi connectivity index (χ0v) is 11.9. The molecule has 3 nitrogen and oxygen atoms in total. The molecule has 3 heteroatoms. The first-order chi connectivity index (χ1) is 10.3. The van der Waals surface area contributed by atoms with Gasteiger partial charge >= 0.3 is 5.97 Å². The first kappa shape index (κ1) is 13.7. The van der Waals surface area contributed by atoms with Gasteiger partial charge in [0.25, 0.3) is 0 Å². The number of nitrogens with zero attached hydrogens (tertiary/aromatic N) is 1. The van der Waals surface area contributed by atoms with Crippen LogP contribution in [0, 0.1) is 0 Å². The van der Waals surface area contributed by atoms with Crippen molar-refractivity contribution >= 4 is 11.7 Å². The second kappa shape index (κ2) is 6.00. The van der Waals surface area contributed by atoms with Crippen molar-refractivity contribution in [1.82, 2.24) is 0 Å². The average Bonchev–Trinajstić information content (AvgIpc) is 2.88. The van der Waals surface area contributed by atoms with E-state index in [2.05, 4.69) is 29.2 Å². The van der Waals surface area contributed by atoms with E-state index in [4.69, 9.17) is 0 Å². The molecule has 21 heavy (non-hydrogen) atoms. The smallest absolute Gasteiger partial charge is 0.312 e. The van der Waals surface area contributed by atoms with Crippen LogP contribution >= 0.6 is 0 Å². The van der Waals surface area contributed by atoms with Crippen LogP contribution in [0.1, 0.15) is 23.5 Å². The Morgan fingerprint density at radius 2 is 1.81 bits per heavy atom. The second-order valence-corrected chi connectivity index (χ2v) is 5.48. The molecule has 2 aromatic carbocycles. The number of benzene rings is 2. The maximum atomic E-state index is 11.4. The third-order valence-corrected chi connectivity index (χ3v) is 4.09. The molecule has 0 aromatic heterocycles. The lowest BCUT2D eigenvalue weighted by Crippen LogP contribution is -2.25. The first-order valence-electron chi connectivity index (χ1n) is 7.36. The minimum atomic E-state index is -0.729. The number of fused-ring (bicyclic) bond motifs is 1. The van der Waals surface area contributed by atoms with E-state index in [1.165, 1.54) is 5.56 Å². The van der Waals surface area contributed by atoms with Crippen LogP contribution < -0.4 is 4.90 Å². The Labute approximate surface area is 124 Å². The number of hydrogen-bond acceptors (Lipinski definition) is 2. The molecule has 0 fully saturated rings. The van der Waals surface area contributed by atoms with Gasteiger partial charge in [-0.25, -0.2) is 0 Å². The Bertz CT molecular complexity index is 624. The van der Waals surface area contributed by atoms with E-state index >= 15 is 0 Å². The Morgan fingerprint density at radius 1 is 1.10 bits per heavy atom. The molecular weight excluding hydrogens is 262 g/mol. The monoisotopic (exact) mass is 281 g/mol. The fraction of sp³-hybridized carbons (Fsp3) is 0.278. The highest BCUT2D eigenvalue weighted by Gasteiger charge is 2.32. The zero-order valence-electron chi connectivity index (χ0n) is 11.9. The predicted octanol–water partition coefficient (Wildman–Crippen LogP) is 3.31. The van der Waals surface area contributed by atoms with Crippen LogP contribution in [0.15, 0.2) is 54.6 Å². The number of rotatable bonds is 5. The van der Waals surface area contributed by atoms with E-state index in [1.54, 1.807) is 0 Å². The molecule has 0 amide bonds. The molecule has 0 saturated carbocycles. The summed E-state index contributed by atoms with van der Waals surface area (Å²) in [4.78, 5) is 13.6. The van der Waals surface area contributed by atoms with E-state index in [0.29, 0.717) is 6.54 Å². The maximum Gasteiger partial charge on any atom is 0.312 e. The van der Waals surface area contributed by atoms with Crippen LogP contribution in [0.4, 0.5) is 5.69 Å². The van der Waals surface area contributed by atoms with Crippen LogP contribution in [0.5, 0.6) is 0 Å². The number of carboxylic acids is 1. The molecule has 1 atom stereocenters. The van der Waals surface area contributed by atoms with E-state index in [9.17, 15) is 9.90 Å². The van der Waals surface area contributed by atoms with Crippen molar-refractivity contribution in [2.45, 2.75) is 18.8 Å². The summed E-state index contributed by atoms with van der Waals surface area (Å²) in [5.41, 5.74) is 3.36. The Morgan fingerprint density at radius 3 is 2.57 bits per heavy atom. The molecule has 1 heterocycles. The quantitative estimate of drug-likeness (QED) is 0.914. The molecule has 108 valence electrons. The van der Waals surface area contributed by atoms with Gasteiger partial charge in [0.15, 0.2) is 0 Å². The fourth-order valence-corrected chi connectivity index (χ4v) is 3.03.